The summed E-state index contributed by atoms with van der Waals surface area (Å²) in [5.74, 6) is -0.302. The van der Waals surface area contributed by atoms with E-state index < -0.39 is 12.7 Å². The third-order valence-corrected chi connectivity index (χ3v) is 2.78. The minimum atomic E-state index is -4.32. The van der Waals surface area contributed by atoms with Crippen molar-refractivity contribution < 1.29 is 18.4 Å². The highest BCUT2D eigenvalue weighted by molar-refractivity contribution is 6.00. The van der Waals surface area contributed by atoms with Crippen LogP contribution in [0.25, 0.3) is 0 Å². The standard InChI is InChI=1S/C11H13F3N4O/c12-11(13,14)6-18(7-3-4-7)8-2-1-5-16-9(8)10(15)17-19/h1-2,5,7,19H,3-4,6H2,(H2,15,17). The van der Waals surface area contributed by atoms with Crippen LogP contribution in [0.4, 0.5) is 18.9 Å². The number of hydrogen-bond donors (Lipinski definition) is 2. The lowest BCUT2D eigenvalue weighted by atomic mass is 10.2. The van der Waals surface area contributed by atoms with Crippen LogP contribution in [0.3, 0.4) is 0 Å². The van der Waals surface area contributed by atoms with Crippen molar-refractivity contribution in [1.29, 1.82) is 0 Å². The Hall–Kier alpha value is -1.99. The number of alkyl halides is 3. The van der Waals surface area contributed by atoms with Crippen LogP contribution in [0.15, 0.2) is 23.5 Å². The topological polar surface area (TPSA) is 74.7 Å². The zero-order valence-corrected chi connectivity index (χ0v) is 9.93. The number of halogens is 3. The van der Waals surface area contributed by atoms with Crippen molar-refractivity contribution in [1.82, 2.24) is 4.98 Å². The lowest BCUT2D eigenvalue weighted by Gasteiger charge is -2.27. The monoisotopic (exact) mass is 274 g/mol. The van der Waals surface area contributed by atoms with Gasteiger partial charge in [-0.2, -0.15) is 13.2 Å². The number of amidine groups is 1. The van der Waals surface area contributed by atoms with Gasteiger partial charge < -0.3 is 15.8 Å². The van der Waals surface area contributed by atoms with Gasteiger partial charge in [-0.15, -0.1) is 0 Å². The zero-order valence-electron chi connectivity index (χ0n) is 9.93. The second-order valence-electron chi connectivity index (χ2n) is 4.33. The Morgan fingerprint density at radius 2 is 2.21 bits per heavy atom. The fourth-order valence-corrected chi connectivity index (χ4v) is 1.86. The highest BCUT2D eigenvalue weighted by Crippen LogP contribution is 2.35. The van der Waals surface area contributed by atoms with Crippen LogP contribution in [0.2, 0.25) is 0 Å². The van der Waals surface area contributed by atoms with Crippen molar-refractivity contribution >= 4 is 11.5 Å². The molecule has 1 aromatic rings. The van der Waals surface area contributed by atoms with Gasteiger partial charge in [-0.05, 0) is 25.0 Å². The number of oxime groups is 1. The Bertz CT molecular complexity index is 485. The van der Waals surface area contributed by atoms with Gasteiger partial charge in [-0.25, -0.2) is 0 Å². The summed E-state index contributed by atoms with van der Waals surface area (Å²) in [5.41, 5.74) is 5.74. The van der Waals surface area contributed by atoms with E-state index in [1.165, 1.54) is 23.2 Å². The van der Waals surface area contributed by atoms with E-state index in [2.05, 4.69) is 10.1 Å². The van der Waals surface area contributed by atoms with Crippen molar-refractivity contribution in [3.63, 3.8) is 0 Å². The summed E-state index contributed by atoms with van der Waals surface area (Å²) in [6.45, 7) is -1.07. The summed E-state index contributed by atoms with van der Waals surface area (Å²) < 4.78 is 37.9. The molecule has 1 aliphatic carbocycles. The first-order valence-electron chi connectivity index (χ1n) is 5.68. The van der Waals surface area contributed by atoms with Crippen molar-refractivity contribution in [3.05, 3.63) is 24.0 Å². The first kappa shape index (κ1) is 13.4. The Morgan fingerprint density at radius 1 is 1.53 bits per heavy atom. The van der Waals surface area contributed by atoms with Gasteiger partial charge in [-0.1, -0.05) is 5.16 Å². The first-order chi connectivity index (χ1) is 8.92. The molecule has 0 bridgehead atoms. The van der Waals surface area contributed by atoms with Crippen molar-refractivity contribution in [2.24, 2.45) is 10.9 Å². The SMILES string of the molecule is N/C(=N/O)c1ncccc1N(CC(F)(F)F)C1CC1. The molecule has 1 aliphatic rings. The van der Waals surface area contributed by atoms with Crippen molar-refractivity contribution in [3.8, 4) is 0 Å². The molecule has 8 heteroatoms. The fourth-order valence-electron chi connectivity index (χ4n) is 1.86. The van der Waals surface area contributed by atoms with Gasteiger partial charge in [0, 0.05) is 12.2 Å². The summed E-state index contributed by atoms with van der Waals surface area (Å²) in [7, 11) is 0. The number of pyridine rings is 1. The van der Waals surface area contributed by atoms with Crippen LogP contribution in [0, 0.1) is 0 Å². The maximum absolute atomic E-state index is 12.6. The van der Waals surface area contributed by atoms with Crippen LogP contribution in [-0.4, -0.2) is 34.8 Å². The smallest absolute Gasteiger partial charge is 0.405 e. The average Bonchev–Trinajstić information content (AvgIpc) is 3.18. The molecule has 0 unspecified atom stereocenters. The lowest BCUT2D eigenvalue weighted by Crippen LogP contribution is -2.37. The Balaban J connectivity index is 2.37. The fraction of sp³-hybridized carbons (Fsp3) is 0.455. The molecule has 0 saturated heterocycles. The molecule has 0 atom stereocenters. The summed E-state index contributed by atoms with van der Waals surface area (Å²) in [6.07, 6.45) is -1.54. The number of nitrogens with two attached hydrogens (primary N) is 1. The van der Waals surface area contributed by atoms with Gasteiger partial charge in [0.05, 0.1) is 5.69 Å². The largest absolute Gasteiger partial charge is 0.409 e. The highest BCUT2D eigenvalue weighted by Gasteiger charge is 2.39. The molecule has 0 aromatic carbocycles. The third kappa shape index (κ3) is 3.27. The molecule has 0 amide bonds. The second-order valence-corrected chi connectivity index (χ2v) is 4.33. The van der Waals surface area contributed by atoms with E-state index in [1.54, 1.807) is 0 Å². The predicted octanol–water partition coefficient (Wildman–Crippen LogP) is 1.71. The minimum absolute atomic E-state index is 0.0566. The molecule has 0 spiro atoms. The van der Waals surface area contributed by atoms with Gasteiger partial charge in [0.25, 0.3) is 0 Å². The number of rotatable bonds is 4. The van der Waals surface area contributed by atoms with Gasteiger partial charge in [0.15, 0.2) is 5.84 Å². The number of nitrogens with zero attached hydrogens (tertiary/aromatic N) is 3. The van der Waals surface area contributed by atoms with E-state index in [9.17, 15) is 13.2 Å². The van der Waals surface area contributed by atoms with Crippen LogP contribution >= 0.6 is 0 Å². The number of hydrogen-bond acceptors (Lipinski definition) is 4. The summed E-state index contributed by atoms with van der Waals surface area (Å²) >= 11 is 0. The molecule has 2 rings (SSSR count). The van der Waals surface area contributed by atoms with E-state index in [-0.39, 0.29) is 23.3 Å². The van der Waals surface area contributed by atoms with Gasteiger partial charge in [0.2, 0.25) is 0 Å². The molecule has 1 heterocycles. The molecular formula is C11H13F3N4O. The highest BCUT2D eigenvalue weighted by atomic mass is 19.4. The molecule has 3 N–H and O–H groups in total. The Kier molecular flexibility index (Phi) is 3.50. The molecule has 104 valence electrons. The van der Waals surface area contributed by atoms with E-state index >= 15 is 0 Å². The Morgan fingerprint density at radius 3 is 2.74 bits per heavy atom. The van der Waals surface area contributed by atoms with Crippen molar-refractivity contribution in [2.75, 3.05) is 11.4 Å². The van der Waals surface area contributed by atoms with Gasteiger partial charge in [-0.3, -0.25) is 4.98 Å². The first-order valence-corrected chi connectivity index (χ1v) is 5.68. The number of anilines is 1. The summed E-state index contributed by atoms with van der Waals surface area (Å²) in [5, 5.41) is 11.5. The quantitative estimate of drug-likeness (QED) is 0.379. The average molecular weight is 274 g/mol. The molecule has 1 fully saturated rings. The maximum atomic E-state index is 12.6. The molecule has 1 saturated carbocycles. The minimum Gasteiger partial charge on any atom is -0.409 e. The molecule has 1 aromatic heterocycles. The zero-order chi connectivity index (χ0) is 14.0. The Labute approximate surface area is 107 Å². The number of aromatic nitrogens is 1. The molecule has 0 radical (unpaired) electrons. The van der Waals surface area contributed by atoms with Gasteiger partial charge >= 0.3 is 6.18 Å². The van der Waals surface area contributed by atoms with Crippen LogP contribution in [0.5, 0.6) is 0 Å². The van der Waals surface area contributed by atoms with Crippen molar-refractivity contribution in [2.45, 2.75) is 25.1 Å². The maximum Gasteiger partial charge on any atom is 0.405 e. The van der Waals surface area contributed by atoms with Crippen LogP contribution < -0.4 is 10.6 Å². The van der Waals surface area contributed by atoms with E-state index in [1.807, 2.05) is 0 Å². The molecule has 0 aliphatic heterocycles. The second kappa shape index (κ2) is 4.94. The molecule has 19 heavy (non-hydrogen) atoms. The van der Waals surface area contributed by atoms with E-state index in [0.717, 1.165) is 0 Å². The normalized spacial score (nSPS) is 16.5. The van der Waals surface area contributed by atoms with E-state index in [0.29, 0.717) is 12.8 Å². The predicted molar refractivity (Wildman–Crippen MR) is 63.2 cm³/mol. The molecular weight excluding hydrogens is 261 g/mol. The van der Waals surface area contributed by atoms with Crippen LogP contribution in [-0.2, 0) is 0 Å². The lowest BCUT2D eigenvalue weighted by molar-refractivity contribution is -0.120. The van der Waals surface area contributed by atoms with Crippen LogP contribution in [0.1, 0.15) is 18.5 Å². The summed E-state index contributed by atoms with van der Waals surface area (Å²) in [6, 6.07) is 2.84. The summed E-state index contributed by atoms with van der Waals surface area (Å²) in [4.78, 5) is 5.09. The molecule has 5 nitrogen and oxygen atoms in total. The van der Waals surface area contributed by atoms with E-state index in [4.69, 9.17) is 10.9 Å². The van der Waals surface area contributed by atoms with Gasteiger partial charge in [0.1, 0.15) is 12.2 Å². The third-order valence-electron chi connectivity index (χ3n) is 2.78.